The van der Waals surface area contributed by atoms with Crippen molar-refractivity contribution in [3.63, 3.8) is 0 Å². The van der Waals surface area contributed by atoms with Gasteiger partial charge >= 0.3 is 0 Å². The van der Waals surface area contributed by atoms with Crippen molar-refractivity contribution in [3.8, 4) is 0 Å². The van der Waals surface area contributed by atoms with Gasteiger partial charge in [-0.3, -0.25) is 9.88 Å². The van der Waals surface area contributed by atoms with Crippen molar-refractivity contribution in [3.05, 3.63) is 29.6 Å². The SMILES string of the molecule is CC(C)c1ccc(CN2CCCNCC2)cn1. The van der Waals surface area contributed by atoms with Crippen LogP contribution < -0.4 is 5.32 Å². The molecule has 17 heavy (non-hydrogen) atoms. The van der Waals surface area contributed by atoms with E-state index in [4.69, 9.17) is 0 Å². The zero-order chi connectivity index (χ0) is 12.1. The summed E-state index contributed by atoms with van der Waals surface area (Å²) in [6, 6.07) is 4.39. The van der Waals surface area contributed by atoms with E-state index < -0.39 is 0 Å². The van der Waals surface area contributed by atoms with Crippen LogP contribution in [0, 0.1) is 0 Å². The van der Waals surface area contributed by atoms with Crippen molar-refractivity contribution in [2.45, 2.75) is 32.7 Å². The average molecular weight is 233 g/mol. The Morgan fingerprint density at radius 1 is 1.29 bits per heavy atom. The monoisotopic (exact) mass is 233 g/mol. The largest absolute Gasteiger partial charge is 0.315 e. The van der Waals surface area contributed by atoms with Gasteiger partial charge in [0.1, 0.15) is 0 Å². The topological polar surface area (TPSA) is 28.2 Å². The Kier molecular flexibility index (Phi) is 4.51. The smallest absolute Gasteiger partial charge is 0.0429 e. The van der Waals surface area contributed by atoms with Crippen molar-refractivity contribution >= 4 is 0 Å². The first-order chi connectivity index (χ1) is 8.25. The van der Waals surface area contributed by atoms with E-state index in [1.165, 1.54) is 24.2 Å². The zero-order valence-electron chi connectivity index (χ0n) is 10.9. The maximum atomic E-state index is 4.52. The average Bonchev–Trinajstić information content (AvgIpc) is 2.58. The molecule has 1 N–H and O–H groups in total. The molecule has 0 bridgehead atoms. The third-order valence-electron chi connectivity index (χ3n) is 3.28. The Labute approximate surface area is 104 Å². The number of nitrogens with zero attached hydrogens (tertiary/aromatic N) is 2. The number of pyridine rings is 1. The minimum absolute atomic E-state index is 0.520. The van der Waals surface area contributed by atoms with Crippen molar-refractivity contribution in [2.24, 2.45) is 0 Å². The minimum atomic E-state index is 0.520. The second-order valence-corrected chi connectivity index (χ2v) is 5.13. The van der Waals surface area contributed by atoms with Crippen molar-refractivity contribution in [1.82, 2.24) is 15.2 Å². The highest BCUT2D eigenvalue weighted by Crippen LogP contribution is 2.12. The summed E-state index contributed by atoms with van der Waals surface area (Å²) in [4.78, 5) is 7.03. The lowest BCUT2D eigenvalue weighted by molar-refractivity contribution is 0.284. The second-order valence-electron chi connectivity index (χ2n) is 5.13. The van der Waals surface area contributed by atoms with Crippen LogP contribution in [-0.4, -0.2) is 36.1 Å². The molecule has 0 amide bonds. The Hall–Kier alpha value is -0.930. The fourth-order valence-electron chi connectivity index (χ4n) is 2.19. The third kappa shape index (κ3) is 3.79. The van der Waals surface area contributed by atoms with Crippen LogP contribution in [0.1, 0.15) is 37.4 Å². The molecule has 0 aliphatic carbocycles. The van der Waals surface area contributed by atoms with E-state index >= 15 is 0 Å². The van der Waals surface area contributed by atoms with Gasteiger partial charge in [0.2, 0.25) is 0 Å². The van der Waals surface area contributed by atoms with E-state index in [1.807, 2.05) is 6.20 Å². The van der Waals surface area contributed by atoms with Crippen LogP contribution in [0.2, 0.25) is 0 Å². The van der Waals surface area contributed by atoms with Gasteiger partial charge < -0.3 is 5.32 Å². The van der Waals surface area contributed by atoms with E-state index in [2.05, 4.69) is 41.2 Å². The number of hydrogen-bond acceptors (Lipinski definition) is 3. The summed E-state index contributed by atoms with van der Waals surface area (Å²) in [5.41, 5.74) is 2.52. The van der Waals surface area contributed by atoms with Gasteiger partial charge in [-0.25, -0.2) is 0 Å². The quantitative estimate of drug-likeness (QED) is 0.865. The predicted molar refractivity (Wildman–Crippen MR) is 71.1 cm³/mol. The molecule has 2 rings (SSSR count). The molecule has 94 valence electrons. The molecule has 1 fully saturated rings. The van der Waals surface area contributed by atoms with Crippen LogP contribution in [0.15, 0.2) is 18.3 Å². The van der Waals surface area contributed by atoms with Gasteiger partial charge in [0.15, 0.2) is 0 Å². The molecule has 2 heterocycles. The van der Waals surface area contributed by atoms with E-state index in [0.717, 1.165) is 26.2 Å². The van der Waals surface area contributed by atoms with Crippen molar-refractivity contribution in [2.75, 3.05) is 26.2 Å². The van der Waals surface area contributed by atoms with Crippen LogP contribution >= 0.6 is 0 Å². The molecular formula is C14H23N3. The first kappa shape index (κ1) is 12.5. The molecule has 1 aromatic heterocycles. The molecule has 1 aliphatic heterocycles. The highest BCUT2D eigenvalue weighted by atomic mass is 15.1. The number of aromatic nitrogens is 1. The lowest BCUT2D eigenvalue weighted by atomic mass is 10.1. The maximum absolute atomic E-state index is 4.52. The molecule has 0 aromatic carbocycles. The van der Waals surface area contributed by atoms with Gasteiger partial charge in [0.05, 0.1) is 0 Å². The lowest BCUT2D eigenvalue weighted by Gasteiger charge is -2.19. The van der Waals surface area contributed by atoms with Gasteiger partial charge in [0.25, 0.3) is 0 Å². The van der Waals surface area contributed by atoms with Gasteiger partial charge in [-0.1, -0.05) is 19.9 Å². The summed E-state index contributed by atoms with van der Waals surface area (Å²) in [6.07, 6.45) is 3.28. The molecule has 1 aromatic rings. The zero-order valence-corrected chi connectivity index (χ0v) is 10.9. The van der Waals surface area contributed by atoms with E-state index in [-0.39, 0.29) is 0 Å². The van der Waals surface area contributed by atoms with Crippen LogP contribution in [-0.2, 0) is 6.54 Å². The molecule has 1 saturated heterocycles. The molecule has 3 heteroatoms. The van der Waals surface area contributed by atoms with Crippen molar-refractivity contribution < 1.29 is 0 Å². The highest BCUT2D eigenvalue weighted by Gasteiger charge is 2.09. The van der Waals surface area contributed by atoms with E-state index in [1.54, 1.807) is 0 Å². The molecule has 0 saturated carbocycles. The summed E-state index contributed by atoms with van der Waals surface area (Å²) in [5.74, 6) is 0.520. The predicted octanol–water partition coefficient (Wildman–Crippen LogP) is 2.00. The van der Waals surface area contributed by atoms with Crippen LogP contribution in [0.5, 0.6) is 0 Å². The standard InChI is InChI=1S/C14H23N3/c1-12(2)14-5-4-13(10-16-14)11-17-8-3-6-15-7-9-17/h4-5,10,12,15H,3,6-9,11H2,1-2H3. The Morgan fingerprint density at radius 3 is 2.88 bits per heavy atom. The van der Waals surface area contributed by atoms with E-state index in [0.29, 0.717) is 5.92 Å². The summed E-state index contributed by atoms with van der Waals surface area (Å²) < 4.78 is 0. The van der Waals surface area contributed by atoms with Crippen LogP contribution in [0.25, 0.3) is 0 Å². The summed E-state index contributed by atoms with van der Waals surface area (Å²) in [6.45, 7) is 10.0. The maximum Gasteiger partial charge on any atom is 0.0429 e. The Balaban J connectivity index is 1.93. The molecule has 1 aliphatic rings. The number of nitrogens with one attached hydrogen (secondary N) is 1. The molecular weight excluding hydrogens is 210 g/mol. The molecule has 0 unspecified atom stereocenters. The van der Waals surface area contributed by atoms with E-state index in [9.17, 15) is 0 Å². The van der Waals surface area contributed by atoms with Crippen LogP contribution in [0.3, 0.4) is 0 Å². The van der Waals surface area contributed by atoms with Gasteiger partial charge in [-0.05, 0) is 37.1 Å². The van der Waals surface area contributed by atoms with Crippen LogP contribution in [0.4, 0.5) is 0 Å². The highest BCUT2D eigenvalue weighted by molar-refractivity contribution is 5.16. The summed E-state index contributed by atoms with van der Waals surface area (Å²) in [7, 11) is 0. The third-order valence-corrected chi connectivity index (χ3v) is 3.28. The first-order valence-corrected chi connectivity index (χ1v) is 6.63. The molecule has 0 atom stereocenters. The first-order valence-electron chi connectivity index (χ1n) is 6.63. The van der Waals surface area contributed by atoms with Gasteiger partial charge in [-0.2, -0.15) is 0 Å². The fraction of sp³-hybridized carbons (Fsp3) is 0.643. The number of rotatable bonds is 3. The fourth-order valence-corrected chi connectivity index (χ4v) is 2.19. The molecule has 0 spiro atoms. The van der Waals surface area contributed by atoms with Crippen molar-refractivity contribution in [1.29, 1.82) is 0 Å². The number of hydrogen-bond donors (Lipinski definition) is 1. The Bertz CT molecular complexity index is 324. The lowest BCUT2D eigenvalue weighted by Crippen LogP contribution is -2.27. The summed E-state index contributed by atoms with van der Waals surface area (Å²) >= 11 is 0. The van der Waals surface area contributed by atoms with Gasteiger partial charge in [-0.15, -0.1) is 0 Å². The molecule has 3 nitrogen and oxygen atoms in total. The normalized spacial score (nSPS) is 18.3. The molecule has 0 radical (unpaired) electrons. The summed E-state index contributed by atoms with van der Waals surface area (Å²) in [5, 5.41) is 3.43. The Morgan fingerprint density at radius 2 is 2.18 bits per heavy atom. The van der Waals surface area contributed by atoms with Gasteiger partial charge in [0, 0.05) is 31.5 Å². The second kappa shape index (κ2) is 6.12. The minimum Gasteiger partial charge on any atom is -0.315 e.